The van der Waals surface area contributed by atoms with E-state index in [0.717, 1.165) is 45.9 Å². The molecular formula is C39H40F2N6O4S. The molecule has 52 heavy (non-hydrogen) atoms. The molecule has 1 atom stereocenters. The minimum absolute atomic E-state index is 0.0290. The first-order valence-electron chi connectivity index (χ1n) is 17.2. The molecule has 5 heterocycles. The number of ether oxygens (including phenoxy) is 2. The number of fused-ring (bicyclic) bond motifs is 3. The monoisotopic (exact) mass is 726 g/mol. The second-order valence-electron chi connectivity index (χ2n) is 13.3. The number of benzene rings is 2. The van der Waals surface area contributed by atoms with Gasteiger partial charge in [0.25, 0.3) is 0 Å². The molecule has 5 aromatic rings. The molecule has 13 heteroatoms. The molecule has 0 unspecified atom stereocenters. The van der Waals surface area contributed by atoms with Crippen molar-refractivity contribution in [1.29, 1.82) is 0 Å². The predicted octanol–water partition coefficient (Wildman–Crippen LogP) is 6.33. The largest absolute Gasteiger partial charge is 0.490 e. The van der Waals surface area contributed by atoms with Gasteiger partial charge in [-0.15, -0.1) is 11.3 Å². The van der Waals surface area contributed by atoms with Gasteiger partial charge in [-0.2, -0.15) is 5.10 Å². The molecule has 2 aliphatic rings. The Morgan fingerprint density at radius 2 is 1.87 bits per heavy atom. The zero-order valence-electron chi connectivity index (χ0n) is 29.6. The number of pyridine rings is 1. The van der Waals surface area contributed by atoms with Crippen molar-refractivity contribution in [1.82, 2.24) is 29.5 Å². The molecule has 0 radical (unpaired) electrons. The van der Waals surface area contributed by atoms with Crippen molar-refractivity contribution in [3.8, 4) is 39.5 Å². The van der Waals surface area contributed by atoms with E-state index in [0.29, 0.717) is 48.8 Å². The number of nitrogens with zero attached hydrogens (tertiary/aromatic N) is 6. The van der Waals surface area contributed by atoms with Crippen LogP contribution in [0.2, 0.25) is 0 Å². The quantitative estimate of drug-likeness (QED) is 0.123. The molecule has 0 fully saturated rings. The summed E-state index contributed by atoms with van der Waals surface area (Å²) in [6.45, 7) is 8.54. The summed E-state index contributed by atoms with van der Waals surface area (Å²) < 4.78 is 44.7. The fourth-order valence-electron chi connectivity index (χ4n) is 7.07. The van der Waals surface area contributed by atoms with Gasteiger partial charge in [-0.05, 0) is 54.1 Å². The summed E-state index contributed by atoms with van der Waals surface area (Å²) >= 11 is 1.43. The zero-order valence-corrected chi connectivity index (χ0v) is 30.4. The molecule has 0 saturated carbocycles. The molecular weight excluding hydrogens is 687 g/mol. The van der Waals surface area contributed by atoms with Crippen molar-refractivity contribution in [2.24, 2.45) is 0 Å². The first kappa shape index (κ1) is 35.4. The Morgan fingerprint density at radius 3 is 2.63 bits per heavy atom. The molecule has 7 rings (SSSR count). The summed E-state index contributed by atoms with van der Waals surface area (Å²) in [6, 6.07) is 11.9. The molecule has 270 valence electrons. The highest BCUT2D eigenvalue weighted by Gasteiger charge is 2.32. The maximum atomic E-state index is 16.2. The van der Waals surface area contributed by atoms with Crippen molar-refractivity contribution in [3.05, 3.63) is 89.0 Å². The molecule has 0 aliphatic carbocycles. The van der Waals surface area contributed by atoms with Gasteiger partial charge in [0, 0.05) is 74.2 Å². The Labute approximate surface area is 304 Å². The number of amides is 2. The Morgan fingerprint density at radius 1 is 1.04 bits per heavy atom. The number of halogens is 2. The lowest BCUT2D eigenvalue weighted by molar-refractivity contribution is -0.130. The third kappa shape index (κ3) is 6.59. The van der Waals surface area contributed by atoms with E-state index in [1.807, 2.05) is 29.1 Å². The average molecular weight is 727 g/mol. The average Bonchev–Trinajstić information content (AvgIpc) is 3.79. The molecule has 0 N–H and O–H groups in total. The van der Waals surface area contributed by atoms with Gasteiger partial charge >= 0.3 is 0 Å². The molecule has 0 bridgehead atoms. The number of methoxy groups -OCH3 is 1. The molecule has 10 nitrogen and oxygen atoms in total. The zero-order chi connectivity index (χ0) is 36.7. The SMILES string of the molecule is C=CC(=O)N1CCn2nc(-c3nc(-c4ccc5c(c4)CN(CC(=O)N(C)C)CC5)c4ccsc4c3-c3c(F)cc(F)cc3OCCOC)cc2[C@H]1C. The van der Waals surface area contributed by atoms with E-state index in [1.165, 1.54) is 36.2 Å². The summed E-state index contributed by atoms with van der Waals surface area (Å²) in [5.74, 6) is -1.66. The van der Waals surface area contributed by atoms with Crippen LogP contribution in [0.5, 0.6) is 5.75 Å². The topological polar surface area (TPSA) is 93.0 Å². The fourth-order valence-corrected chi connectivity index (χ4v) is 8.02. The summed E-state index contributed by atoms with van der Waals surface area (Å²) in [5, 5.41) is 7.70. The summed E-state index contributed by atoms with van der Waals surface area (Å²) in [7, 11) is 5.05. The number of thiophene rings is 1. The second kappa shape index (κ2) is 14.6. The van der Waals surface area contributed by atoms with Crippen LogP contribution >= 0.6 is 11.3 Å². The standard InChI is InChI=1S/C39H40F2N6O4S/c1-6-33(48)46-12-13-47-31(23(46)2)20-30(43-47)38-36(35-29(41)18-27(40)19-32(35)51-15-14-50-5)39-28(10-16-52-39)37(42-38)25-8-7-24-9-11-45(21-26(24)17-25)22-34(49)44(3)4/h6-8,10,16-20,23H,1,9,11-15,21-22H2,2-5H3/t23-/m1/s1. The lowest BCUT2D eigenvalue weighted by Gasteiger charge is -2.33. The number of carbonyl (C=O) groups excluding carboxylic acids is 2. The van der Waals surface area contributed by atoms with Crippen LogP contribution in [-0.2, 0) is 33.8 Å². The van der Waals surface area contributed by atoms with E-state index >= 15 is 4.39 Å². The van der Waals surface area contributed by atoms with E-state index < -0.39 is 11.6 Å². The highest BCUT2D eigenvalue weighted by molar-refractivity contribution is 7.18. The highest BCUT2D eigenvalue weighted by Crippen LogP contribution is 2.47. The first-order chi connectivity index (χ1) is 25.1. The normalized spacial score (nSPS) is 15.7. The lowest BCUT2D eigenvalue weighted by atomic mass is 9.93. The molecule has 2 amide bonds. The van der Waals surface area contributed by atoms with Crippen LogP contribution in [0.3, 0.4) is 0 Å². The van der Waals surface area contributed by atoms with Crippen molar-refractivity contribution in [2.45, 2.75) is 32.5 Å². The van der Waals surface area contributed by atoms with E-state index in [-0.39, 0.29) is 42.4 Å². The summed E-state index contributed by atoms with van der Waals surface area (Å²) in [5.41, 5.74) is 6.09. The van der Waals surface area contributed by atoms with Crippen molar-refractivity contribution < 1.29 is 27.8 Å². The Kier molecular flexibility index (Phi) is 9.92. The third-order valence-corrected chi connectivity index (χ3v) is 10.7. The van der Waals surface area contributed by atoms with Crippen molar-refractivity contribution in [2.75, 3.05) is 54.1 Å². The fraction of sp³-hybridized carbons (Fsp3) is 0.333. The molecule has 2 aromatic carbocycles. The Hall–Kier alpha value is -4.98. The van der Waals surface area contributed by atoms with Crippen molar-refractivity contribution in [3.63, 3.8) is 0 Å². The number of hydrogen-bond acceptors (Lipinski definition) is 8. The van der Waals surface area contributed by atoms with Crippen LogP contribution in [0.4, 0.5) is 8.78 Å². The molecule has 0 spiro atoms. The Balaban J connectivity index is 1.42. The van der Waals surface area contributed by atoms with Gasteiger partial charge in [0.15, 0.2) is 0 Å². The number of rotatable bonds is 10. The number of likely N-dealkylation sites (N-methyl/N-ethyl adjacent to an activating group) is 1. The van der Waals surface area contributed by atoms with Gasteiger partial charge in [-0.25, -0.2) is 13.8 Å². The van der Waals surface area contributed by atoms with Gasteiger partial charge in [-0.3, -0.25) is 19.2 Å². The summed E-state index contributed by atoms with van der Waals surface area (Å²) in [6.07, 6.45) is 2.13. The Bertz CT molecular complexity index is 2200. The smallest absolute Gasteiger partial charge is 0.246 e. The number of hydrogen-bond donors (Lipinski definition) is 0. The van der Waals surface area contributed by atoms with Gasteiger partial charge in [-0.1, -0.05) is 18.7 Å². The number of aromatic nitrogens is 3. The van der Waals surface area contributed by atoms with Gasteiger partial charge < -0.3 is 19.3 Å². The van der Waals surface area contributed by atoms with Crippen LogP contribution in [0.1, 0.15) is 29.8 Å². The van der Waals surface area contributed by atoms with Crippen LogP contribution in [0, 0.1) is 11.6 Å². The molecule has 3 aromatic heterocycles. The number of carbonyl (C=O) groups is 2. The van der Waals surface area contributed by atoms with Crippen LogP contribution in [0.15, 0.2) is 60.5 Å². The lowest BCUT2D eigenvalue weighted by Crippen LogP contribution is -2.40. The third-order valence-electron chi connectivity index (χ3n) is 9.81. The maximum Gasteiger partial charge on any atom is 0.246 e. The minimum Gasteiger partial charge on any atom is -0.490 e. The van der Waals surface area contributed by atoms with E-state index in [9.17, 15) is 14.0 Å². The van der Waals surface area contributed by atoms with Crippen LogP contribution in [0.25, 0.3) is 43.9 Å². The second-order valence-corrected chi connectivity index (χ2v) is 14.2. The van der Waals surface area contributed by atoms with E-state index in [4.69, 9.17) is 19.6 Å². The van der Waals surface area contributed by atoms with Gasteiger partial charge in [0.1, 0.15) is 35.4 Å². The van der Waals surface area contributed by atoms with Gasteiger partial charge in [0.2, 0.25) is 11.8 Å². The van der Waals surface area contributed by atoms with Crippen LogP contribution < -0.4 is 4.74 Å². The molecule has 0 saturated heterocycles. The predicted molar refractivity (Wildman–Crippen MR) is 197 cm³/mol. The highest BCUT2D eigenvalue weighted by atomic mass is 32.1. The van der Waals surface area contributed by atoms with E-state index in [1.54, 1.807) is 23.9 Å². The minimum atomic E-state index is -0.792. The van der Waals surface area contributed by atoms with E-state index in [2.05, 4.69) is 29.7 Å². The van der Waals surface area contributed by atoms with Crippen molar-refractivity contribution >= 4 is 33.2 Å². The first-order valence-corrected chi connectivity index (χ1v) is 18.0. The summed E-state index contributed by atoms with van der Waals surface area (Å²) in [4.78, 5) is 36.0. The van der Waals surface area contributed by atoms with Crippen LogP contribution in [-0.4, -0.2) is 95.3 Å². The molecule has 2 aliphatic heterocycles. The maximum absolute atomic E-state index is 16.2. The van der Waals surface area contributed by atoms with Gasteiger partial charge in [0.05, 0.1) is 42.7 Å².